The lowest BCUT2D eigenvalue weighted by atomic mass is 9.92. The number of nitrogens with zero attached hydrogens (tertiary/aromatic N) is 1. The number of hydrogen-bond donors (Lipinski definition) is 1. The summed E-state index contributed by atoms with van der Waals surface area (Å²) in [5.74, 6) is -2.88. The Hall–Kier alpha value is -4.48. The van der Waals surface area contributed by atoms with Crippen LogP contribution in [0.25, 0.3) is 0 Å². The van der Waals surface area contributed by atoms with Gasteiger partial charge in [-0.25, -0.2) is 4.79 Å². The Labute approximate surface area is 520 Å². The van der Waals surface area contributed by atoms with E-state index in [0.717, 1.165) is 135 Å². The van der Waals surface area contributed by atoms with Crippen LogP contribution in [-0.2, 0) is 71.5 Å². The monoisotopic (exact) mass is 1220 g/mol. The van der Waals surface area contributed by atoms with Crippen molar-refractivity contribution in [3.05, 3.63) is 0 Å². The highest BCUT2D eigenvalue weighted by molar-refractivity contribution is 5.72. The first-order valence-corrected chi connectivity index (χ1v) is 34.6. The van der Waals surface area contributed by atoms with Gasteiger partial charge < -0.3 is 48.1 Å². The van der Waals surface area contributed by atoms with Crippen LogP contribution in [0, 0.1) is 5.41 Å². The number of carbonyl (C=O) groups excluding carboxylic acids is 8. The molecule has 1 saturated heterocycles. The molecule has 0 aliphatic carbocycles. The molecule has 0 spiro atoms. The highest BCUT2D eigenvalue weighted by Gasteiger charge is 2.38. The SMILES string of the molecule is CCCCCCCCOC(=O)CCCCCCC(=O)OCC(COC(=O)CCCCCCC(=O)OCCCCCCC)(COC(=O)CCCCCCC(=O)OCCCCCCCC)COC(=O)CCC(CCCCCC)OC(=O)NCCN1CCC1. The minimum Gasteiger partial charge on any atom is -0.466 e. The summed E-state index contributed by atoms with van der Waals surface area (Å²) in [6, 6.07) is 0. The van der Waals surface area contributed by atoms with Crippen LogP contribution in [0.5, 0.6) is 0 Å². The quantitative estimate of drug-likeness (QED) is 0.0339. The highest BCUT2D eigenvalue weighted by atomic mass is 16.6. The molecule has 1 rings (SSSR count). The molecule has 0 radical (unpaired) electrons. The predicted molar refractivity (Wildman–Crippen MR) is 335 cm³/mol. The van der Waals surface area contributed by atoms with Crippen LogP contribution in [0.1, 0.15) is 304 Å². The molecule has 1 unspecified atom stereocenters. The molecule has 18 nitrogen and oxygen atoms in total. The van der Waals surface area contributed by atoms with Crippen LogP contribution in [-0.4, -0.2) is 131 Å². The molecule has 1 fully saturated rings. The number of unbranched alkanes of at least 4 members (excludes halogenated alkanes) is 26. The van der Waals surface area contributed by atoms with Crippen LogP contribution in [0.2, 0.25) is 0 Å². The lowest BCUT2D eigenvalue weighted by Gasteiger charge is -2.31. The Balaban J connectivity index is 3.08. The lowest BCUT2D eigenvalue weighted by molar-refractivity contribution is -0.171. The summed E-state index contributed by atoms with van der Waals surface area (Å²) >= 11 is 0. The predicted octanol–water partition coefficient (Wildman–Crippen LogP) is 15.0. The molecule has 0 saturated carbocycles. The van der Waals surface area contributed by atoms with E-state index >= 15 is 0 Å². The van der Waals surface area contributed by atoms with Gasteiger partial charge in [-0.15, -0.1) is 0 Å². The number of carbonyl (C=O) groups is 8. The van der Waals surface area contributed by atoms with Crippen molar-refractivity contribution in [2.75, 3.05) is 72.4 Å². The van der Waals surface area contributed by atoms with E-state index in [-0.39, 0.29) is 50.0 Å². The van der Waals surface area contributed by atoms with Gasteiger partial charge in [-0.2, -0.15) is 0 Å². The molecule has 0 aromatic carbocycles. The second-order valence-electron chi connectivity index (χ2n) is 24.0. The zero-order valence-electron chi connectivity index (χ0n) is 54.7. The van der Waals surface area contributed by atoms with Crippen LogP contribution in [0.3, 0.4) is 0 Å². The van der Waals surface area contributed by atoms with E-state index in [1.807, 2.05) is 0 Å². The second kappa shape index (κ2) is 57.0. The number of alkyl carbamates (subject to hydrolysis) is 1. The molecule has 1 N–H and O–H groups in total. The first-order valence-electron chi connectivity index (χ1n) is 34.6. The van der Waals surface area contributed by atoms with Gasteiger partial charge in [0.25, 0.3) is 0 Å². The number of amides is 1. The smallest absolute Gasteiger partial charge is 0.407 e. The molecule has 0 aromatic heterocycles. The molecule has 1 amide bonds. The molecule has 1 aliphatic heterocycles. The molecular formula is C68H122N2O16. The maximum absolute atomic E-state index is 13.7. The third kappa shape index (κ3) is 49.5. The summed E-state index contributed by atoms with van der Waals surface area (Å²) in [5, 5.41) is 2.84. The normalized spacial score (nSPS) is 12.6. The van der Waals surface area contributed by atoms with Crippen LogP contribution < -0.4 is 5.32 Å². The van der Waals surface area contributed by atoms with E-state index < -0.39 is 67.9 Å². The largest absolute Gasteiger partial charge is 0.466 e. The molecular weight excluding hydrogens is 1100 g/mol. The minimum absolute atomic E-state index is 0.0663. The van der Waals surface area contributed by atoms with Crippen molar-refractivity contribution in [3.8, 4) is 0 Å². The molecule has 1 aliphatic rings. The van der Waals surface area contributed by atoms with Crippen molar-refractivity contribution in [2.24, 2.45) is 5.41 Å². The van der Waals surface area contributed by atoms with Gasteiger partial charge in [-0.05, 0) is 96.6 Å². The van der Waals surface area contributed by atoms with Gasteiger partial charge >= 0.3 is 47.9 Å². The Morgan fingerprint density at radius 1 is 0.349 bits per heavy atom. The van der Waals surface area contributed by atoms with Crippen LogP contribution in [0.4, 0.5) is 4.79 Å². The van der Waals surface area contributed by atoms with E-state index in [9.17, 15) is 38.4 Å². The van der Waals surface area contributed by atoms with E-state index in [1.54, 1.807) is 0 Å². The lowest BCUT2D eigenvalue weighted by Crippen LogP contribution is -2.44. The van der Waals surface area contributed by atoms with Gasteiger partial charge in [0.2, 0.25) is 0 Å². The van der Waals surface area contributed by atoms with Gasteiger partial charge in [0.05, 0.1) is 19.8 Å². The standard InChI is InChI=1S/C68H122N2O16/c1-5-9-13-17-26-36-53-80-61(72)41-30-20-23-33-44-64(75)83-56-68(55-82-63(74)43-32-22-19-29-40-60(71)79-52-35-25-15-11-7-3,57-84-65(76)45-34-24-21-31-42-62(73)81-54-37-27-18-14-10-6-2)58-85-66(77)47-46-59(39-28-16-12-8-4)86-67(78)69-48-51-70-49-38-50-70/h59H,5-58H2,1-4H3,(H,69,78). The Morgan fingerprint density at radius 3 is 0.965 bits per heavy atom. The molecule has 0 bridgehead atoms. The fourth-order valence-corrected chi connectivity index (χ4v) is 9.85. The van der Waals surface area contributed by atoms with Gasteiger partial charge in [0, 0.05) is 58.0 Å². The Morgan fingerprint density at radius 2 is 0.640 bits per heavy atom. The first kappa shape index (κ1) is 79.5. The topological polar surface area (TPSA) is 226 Å². The van der Waals surface area contributed by atoms with E-state index in [1.165, 1.54) is 44.9 Å². The maximum atomic E-state index is 13.7. The van der Waals surface area contributed by atoms with Crippen LogP contribution in [0.15, 0.2) is 0 Å². The second-order valence-corrected chi connectivity index (χ2v) is 24.0. The van der Waals surface area contributed by atoms with Crippen molar-refractivity contribution in [1.82, 2.24) is 10.2 Å². The van der Waals surface area contributed by atoms with Gasteiger partial charge in [0.15, 0.2) is 0 Å². The summed E-state index contributed by atoms with van der Waals surface area (Å²) < 4.78 is 45.5. The average molecular weight is 1220 g/mol. The fraction of sp³-hybridized carbons (Fsp3) is 0.882. The fourth-order valence-electron chi connectivity index (χ4n) is 9.85. The van der Waals surface area contributed by atoms with E-state index in [2.05, 4.69) is 37.9 Å². The molecule has 500 valence electrons. The Kier molecular flexibility index (Phi) is 52.7. The molecule has 18 heteroatoms. The number of likely N-dealkylation sites (tertiary alicyclic amines) is 1. The van der Waals surface area contributed by atoms with Crippen molar-refractivity contribution < 1.29 is 76.3 Å². The van der Waals surface area contributed by atoms with E-state index in [0.29, 0.717) is 110 Å². The number of rotatable bonds is 61. The summed E-state index contributed by atoms with van der Waals surface area (Å²) in [6.07, 6.45) is 32.0. The van der Waals surface area contributed by atoms with Gasteiger partial charge in [-0.1, -0.05) is 175 Å². The van der Waals surface area contributed by atoms with E-state index in [4.69, 9.17) is 37.9 Å². The van der Waals surface area contributed by atoms with Gasteiger partial charge in [0.1, 0.15) is 37.9 Å². The third-order valence-electron chi connectivity index (χ3n) is 15.7. The number of hydrogen-bond acceptors (Lipinski definition) is 17. The zero-order chi connectivity index (χ0) is 62.8. The van der Waals surface area contributed by atoms with Gasteiger partial charge in [-0.3, -0.25) is 33.6 Å². The number of nitrogens with one attached hydrogen (secondary N) is 1. The van der Waals surface area contributed by atoms with Crippen molar-refractivity contribution >= 4 is 47.9 Å². The molecule has 0 aromatic rings. The minimum atomic E-state index is -1.48. The third-order valence-corrected chi connectivity index (χ3v) is 15.7. The average Bonchev–Trinajstić information content (AvgIpc) is 2.92. The van der Waals surface area contributed by atoms with Crippen molar-refractivity contribution in [2.45, 2.75) is 310 Å². The Bertz CT molecular complexity index is 1680. The molecule has 86 heavy (non-hydrogen) atoms. The van der Waals surface area contributed by atoms with Crippen molar-refractivity contribution in [3.63, 3.8) is 0 Å². The first-order chi connectivity index (χ1) is 41.8. The summed E-state index contributed by atoms with van der Waals surface area (Å²) in [6.45, 7) is 11.5. The zero-order valence-corrected chi connectivity index (χ0v) is 54.7. The molecule has 1 heterocycles. The summed E-state index contributed by atoms with van der Waals surface area (Å²) in [7, 11) is 0. The highest BCUT2D eigenvalue weighted by Crippen LogP contribution is 2.25. The van der Waals surface area contributed by atoms with Crippen LogP contribution >= 0.6 is 0 Å². The van der Waals surface area contributed by atoms with Crippen molar-refractivity contribution in [1.29, 1.82) is 0 Å². The molecule has 1 atom stereocenters. The summed E-state index contributed by atoms with van der Waals surface area (Å²) in [5.41, 5.74) is -1.48. The maximum Gasteiger partial charge on any atom is 0.407 e. The number of esters is 7. The summed E-state index contributed by atoms with van der Waals surface area (Å²) in [4.78, 5) is 106. The number of ether oxygens (including phenoxy) is 8.